The minimum atomic E-state index is -0.346. The first-order valence-corrected chi connectivity index (χ1v) is 4.98. The molecule has 0 aliphatic carbocycles. The molecular formula is C13H14O. The van der Waals surface area contributed by atoms with E-state index in [0.717, 1.165) is 17.4 Å². The number of rotatable bonds is 2. The maximum Gasteiger partial charge on any atom is 0.0793 e. The Labute approximate surface area is 84.0 Å². The molecule has 0 spiro atoms. The first-order chi connectivity index (χ1) is 6.83. The lowest BCUT2D eigenvalue weighted by molar-refractivity contribution is 0.175. The predicted octanol–water partition coefficient (Wildman–Crippen LogP) is 3.28. The summed E-state index contributed by atoms with van der Waals surface area (Å²) < 4.78 is 0. The number of hydrogen-bond acceptors (Lipinski definition) is 1. The highest BCUT2D eigenvalue weighted by Gasteiger charge is 2.07. The van der Waals surface area contributed by atoms with E-state index in [-0.39, 0.29) is 6.10 Å². The Balaban J connectivity index is 2.65. The lowest BCUT2D eigenvalue weighted by Gasteiger charge is -2.11. The van der Waals surface area contributed by atoms with Crippen LogP contribution in [-0.4, -0.2) is 5.11 Å². The van der Waals surface area contributed by atoms with Crippen LogP contribution < -0.4 is 0 Å². The number of benzene rings is 2. The average molecular weight is 186 g/mol. The van der Waals surface area contributed by atoms with Crippen LogP contribution >= 0.6 is 0 Å². The molecule has 1 nitrogen and oxygen atoms in total. The topological polar surface area (TPSA) is 20.2 Å². The van der Waals surface area contributed by atoms with Crippen LogP contribution in [0.1, 0.15) is 25.0 Å². The Morgan fingerprint density at radius 1 is 1.07 bits per heavy atom. The third-order valence-corrected chi connectivity index (χ3v) is 2.57. The van der Waals surface area contributed by atoms with E-state index in [1.165, 1.54) is 5.39 Å². The van der Waals surface area contributed by atoms with Crippen LogP contribution in [0.4, 0.5) is 0 Å². The Kier molecular flexibility index (Phi) is 2.51. The summed E-state index contributed by atoms with van der Waals surface area (Å²) in [7, 11) is 0. The zero-order chi connectivity index (χ0) is 9.97. The van der Waals surface area contributed by atoms with Gasteiger partial charge < -0.3 is 5.11 Å². The van der Waals surface area contributed by atoms with Crippen LogP contribution in [0.15, 0.2) is 42.5 Å². The molecule has 0 aromatic heterocycles. The highest BCUT2D eigenvalue weighted by molar-refractivity contribution is 5.85. The summed E-state index contributed by atoms with van der Waals surface area (Å²) >= 11 is 0. The molecule has 1 heteroatoms. The Bertz CT molecular complexity index is 429. The summed E-state index contributed by atoms with van der Waals surface area (Å²) in [6.07, 6.45) is 0.412. The molecule has 0 bridgehead atoms. The fourth-order valence-corrected chi connectivity index (χ4v) is 1.76. The molecular weight excluding hydrogens is 172 g/mol. The molecule has 0 saturated carbocycles. The monoisotopic (exact) mass is 186 g/mol. The van der Waals surface area contributed by atoms with E-state index < -0.39 is 0 Å². The number of hydrogen-bond donors (Lipinski definition) is 1. The summed E-state index contributed by atoms with van der Waals surface area (Å²) in [6.45, 7) is 1.99. The van der Waals surface area contributed by atoms with Gasteiger partial charge in [0, 0.05) is 0 Å². The molecule has 72 valence electrons. The van der Waals surface area contributed by atoms with E-state index in [9.17, 15) is 5.11 Å². The lowest BCUT2D eigenvalue weighted by Crippen LogP contribution is -1.95. The van der Waals surface area contributed by atoms with Crippen LogP contribution in [0.2, 0.25) is 0 Å². The highest BCUT2D eigenvalue weighted by atomic mass is 16.3. The van der Waals surface area contributed by atoms with Gasteiger partial charge in [-0.25, -0.2) is 0 Å². The van der Waals surface area contributed by atoms with E-state index in [1.54, 1.807) is 0 Å². The molecule has 0 unspecified atom stereocenters. The van der Waals surface area contributed by atoms with Crippen LogP contribution in [0.5, 0.6) is 0 Å². The molecule has 2 aromatic rings. The van der Waals surface area contributed by atoms with Crippen molar-refractivity contribution in [2.75, 3.05) is 0 Å². The number of aliphatic hydroxyl groups is 1. The van der Waals surface area contributed by atoms with Crippen LogP contribution in [0, 0.1) is 0 Å². The summed E-state index contributed by atoms with van der Waals surface area (Å²) in [5, 5.41) is 12.2. The van der Waals surface area contributed by atoms with E-state index in [1.807, 2.05) is 31.2 Å². The lowest BCUT2D eigenvalue weighted by atomic mass is 9.99. The molecule has 0 heterocycles. The zero-order valence-corrected chi connectivity index (χ0v) is 8.27. The molecule has 0 aliphatic rings. The van der Waals surface area contributed by atoms with Gasteiger partial charge in [0.05, 0.1) is 6.10 Å². The normalized spacial score (nSPS) is 13.0. The van der Waals surface area contributed by atoms with Crippen molar-refractivity contribution < 1.29 is 5.11 Å². The second kappa shape index (κ2) is 3.81. The van der Waals surface area contributed by atoms with Gasteiger partial charge >= 0.3 is 0 Å². The molecule has 0 radical (unpaired) electrons. The fraction of sp³-hybridized carbons (Fsp3) is 0.231. The average Bonchev–Trinajstić information content (AvgIpc) is 2.27. The van der Waals surface area contributed by atoms with Crippen molar-refractivity contribution in [2.24, 2.45) is 0 Å². The molecule has 2 aromatic carbocycles. The summed E-state index contributed by atoms with van der Waals surface area (Å²) in [5.74, 6) is 0. The van der Waals surface area contributed by atoms with Gasteiger partial charge in [-0.3, -0.25) is 0 Å². The van der Waals surface area contributed by atoms with Gasteiger partial charge in [-0.1, -0.05) is 49.4 Å². The largest absolute Gasteiger partial charge is 0.388 e. The zero-order valence-electron chi connectivity index (χ0n) is 8.27. The van der Waals surface area contributed by atoms with Gasteiger partial charge in [0.2, 0.25) is 0 Å². The van der Waals surface area contributed by atoms with E-state index in [2.05, 4.69) is 18.2 Å². The van der Waals surface area contributed by atoms with Crippen molar-refractivity contribution in [1.82, 2.24) is 0 Å². The summed E-state index contributed by atoms with van der Waals surface area (Å²) in [4.78, 5) is 0. The van der Waals surface area contributed by atoms with Gasteiger partial charge in [-0.2, -0.15) is 0 Å². The second-order valence-electron chi connectivity index (χ2n) is 3.49. The molecule has 1 atom stereocenters. The fourth-order valence-electron chi connectivity index (χ4n) is 1.76. The van der Waals surface area contributed by atoms with Crippen LogP contribution in [0.25, 0.3) is 10.8 Å². The van der Waals surface area contributed by atoms with E-state index >= 15 is 0 Å². The van der Waals surface area contributed by atoms with Gasteiger partial charge in [0.1, 0.15) is 0 Å². The first-order valence-electron chi connectivity index (χ1n) is 4.98. The maximum atomic E-state index is 9.83. The Morgan fingerprint density at radius 3 is 2.57 bits per heavy atom. The number of fused-ring (bicyclic) bond motifs is 1. The van der Waals surface area contributed by atoms with E-state index in [0.29, 0.717) is 0 Å². The first kappa shape index (κ1) is 9.22. The second-order valence-corrected chi connectivity index (χ2v) is 3.49. The molecule has 0 saturated heterocycles. The summed E-state index contributed by atoms with van der Waals surface area (Å²) in [6, 6.07) is 14.2. The molecule has 0 fully saturated rings. The molecule has 1 N–H and O–H groups in total. The van der Waals surface area contributed by atoms with Crippen molar-refractivity contribution in [1.29, 1.82) is 0 Å². The maximum absolute atomic E-state index is 9.83. The molecule has 14 heavy (non-hydrogen) atoms. The minimum absolute atomic E-state index is 0.346. The molecule has 0 aliphatic heterocycles. The van der Waals surface area contributed by atoms with Gasteiger partial charge in [-0.05, 0) is 22.8 Å². The molecule has 2 rings (SSSR count). The van der Waals surface area contributed by atoms with Gasteiger partial charge in [0.25, 0.3) is 0 Å². The Hall–Kier alpha value is -1.34. The van der Waals surface area contributed by atoms with Gasteiger partial charge in [0.15, 0.2) is 0 Å². The van der Waals surface area contributed by atoms with Crippen molar-refractivity contribution >= 4 is 10.8 Å². The van der Waals surface area contributed by atoms with Crippen molar-refractivity contribution in [3.63, 3.8) is 0 Å². The molecule has 0 amide bonds. The quantitative estimate of drug-likeness (QED) is 0.763. The number of aliphatic hydroxyl groups excluding tert-OH is 1. The van der Waals surface area contributed by atoms with Crippen LogP contribution in [-0.2, 0) is 0 Å². The third-order valence-electron chi connectivity index (χ3n) is 2.57. The van der Waals surface area contributed by atoms with Gasteiger partial charge in [-0.15, -0.1) is 0 Å². The predicted molar refractivity (Wildman–Crippen MR) is 59.2 cm³/mol. The SMILES string of the molecule is CC[C@H](O)c1cccc2ccccc12. The Morgan fingerprint density at radius 2 is 1.79 bits per heavy atom. The van der Waals surface area contributed by atoms with E-state index in [4.69, 9.17) is 0 Å². The smallest absolute Gasteiger partial charge is 0.0793 e. The highest BCUT2D eigenvalue weighted by Crippen LogP contribution is 2.25. The minimum Gasteiger partial charge on any atom is -0.388 e. The van der Waals surface area contributed by atoms with Crippen LogP contribution in [0.3, 0.4) is 0 Å². The summed E-state index contributed by atoms with van der Waals surface area (Å²) in [5.41, 5.74) is 1.03. The van der Waals surface area contributed by atoms with Crippen molar-refractivity contribution in [3.8, 4) is 0 Å². The standard InChI is InChI=1S/C13H14O/c1-2-13(14)12-9-5-7-10-6-3-4-8-11(10)12/h3-9,13-14H,2H2,1H3/t13-/m0/s1. The van der Waals surface area contributed by atoms with Crippen molar-refractivity contribution in [3.05, 3.63) is 48.0 Å². The van der Waals surface area contributed by atoms with Crippen molar-refractivity contribution in [2.45, 2.75) is 19.4 Å². The third kappa shape index (κ3) is 1.51.